The molecule has 4 N–H and O–H groups in total. The first-order chi connectivity index (χ1) is 9.69. The number of nitrogens with two attached hydrogens (primary N) is 1. The van der Waals surface area contributed by atoms with Gasteiger partial charge < -0.3 is 25.7 Å². The second-order valence-corrected chi connectivity index (χ2v) is 4.88. The predicted octanol–water partition coefficient (Wildman–Crippen LogP) is 0.670. The van der Waals surface area contributed by atoms with E-state index in [1.807, 2.05) is 0 Å². The van der Waals surface area contributed by atoms with Crippen LogP contribution in [0.25, 0.3) is 0 Å². The maximum Gasteiger partial charge on any atom is 0.252 e. The first kappa shape index (κ1) is 12.6. The molecule has 3 rings (SSSR count). The molecule has 0 radical (unpaired) electrons. The Kier molecular flexibility index (Phi) is 3.09. The van der Waals surface area contributed by atoms with Crippen LogP contribution in [-0.4, -0.2) is 29.8 Å². The highest BCUT2D eigenvalue weighted by atomic mass is 16.7. The fourth-order valence-corrected chi connectivity index (χ4v) is 2.19. The molecule has 1 amide bonds. The molecule has 20 heavy (non-hydrogen) atoms. The third kappa shape index (κ3) is 2.34. The van der Waals surface area contributed by atoms with E-state index in [2.05, 4.69) is 10.5 Å². The van der Waals surface area contributed by atoms with Gasteiger partial charge in [0.2, 0.25) is 6.79 Å². The highest BCUT2D eigenvalue weighted by Crippen LogP contribution is 2.34. The van der Waals surface area contributed by atoms with Gasteiger partial charge in [-0.25, -0.2) is 0 Å². The molecule has 1 aliphatic heterocycles. The van der Waals surface area contributed by atoms with E-state index in [1.165, 1.54) is 0 Å². The van der Waals surface area contributed by atoms with Crippen LogP contribution >= 0.6 is 0 Å². The standard InChI is InChI=1S/C13H15N3O4/c14-12(16-18)11(7-1-2-7)15-13(17)8-3-4-9-10(5-8)20-6-19-9/h3-5,7,11,18H,1-2,6H2,(H2,14,16)(H,15,17). The van der Waals surface area contributed by atoms with Gasteiger partial charge >= 0.3 is 0 Å². The lowest BCUT2D eigenvalue weighted by molar-refractivity contribution is 0.0942. The number of benzene rings is 1. The SMILES string of the molecule is NC(=NO)C(NC(=O)c1ccc2c(c1)OCO2)C1CC1. The van der Waals surface area contributed by atoms with E-state index >= 15 is 0 Å². The highest BCUT2D eigenvalue weighted by Gasteiger charge is 2.35. The Balaban J connectivity index is 1.75. The van der Waals surface area contributed by atoms with Crippen molar-refractivity contribution in [2.75, 3.05) is 6.79 Å². The fraction of sp³-hybridized carbons (Fsp3) is 0.385. The molecule has 7 nitrogen and oxygen atoms in total. The third-order valence-corrected chi connectivity index (χ3v) is 3.45. The summed E-state index contributed by atoms with van der Waals surface area (Å²) in [5.41, 5.74) is 6.06. The molecule has 1 atom stereocenters. The summed E-state index contributed by atoms with van der Waals surface area (Å²) in [6, 6.07) is 4.53. The molecule has 1 fully saturated rings. The minimum absolute atomic E-state index is 0.0293. The van der Waals surface area contributed by atoms with Gasteiger partial charge in [-0.2, -0.15) is 0 Å². The zero-order valence-corrected chi connectivity index (χ0v) is 10.7. The monoisotopic (exact) mass is 277 g/mol. The summed E-state index contributed by atoms with van der Waals surface area (Å²) < 4.78 is 10.4. The number of nitrogens with zero attached hydrogens (tertiary/aromatic N) is 1. The molecule has 7 heteroatoms. The molecule has 1 saturated carbocycles. The van der Waals surface area contributed by atoms with Crippen LogP contribution in [0.2, 0.25) is 0 Å². The summed E-state index contributed by atoms with van der Waals surface area (Å²) in [5, 5.41) is 14.5. The van der Waals surface area contributed by atoms with Crippen LogP contribution in [0.5, 0.6) is 11.5 Å². The van der Waals surface area contributed by atoms with E-state index in [9.17, 15) is 4.79 Å². The number of hydrogen-bond donors (Lipinski definition) is 3. The first-order valence-electron chi connectivity index (χ1n) is 6.37. The average molecular weight is 277 g/mol. The minimum Gasteiger partial charge on any atom is -0.454 e. The van der Waals surface area contributed by atoms with E-state index in [0.29, 0.717) is 17.1 Å². The van der Waals surface area contributed by atoms with Crippen LogP contribution in [0.4, 0.5) is 0 Å². The molecule has 0 spiro atoms. The Hall–Kier alpha value is -2.44. The molecule has 1 aromatic rings. The van der Waals surface area contributed by atoms with Crippen LogP contribution < -0.4 is 20.5 Å². The van der Waals surface area contributed by atoms with Crippen LogP contribution in [0.1, 0.15) is 23.2 Å². The maximum atomic E-state index is 12.2. The van der Waals surface area contributed by atoms with Gasteiger partial charge in [-0.1, -0.05) is 5.16 Å². The van der Waals surface area contributed by atoms with Gasteiger partial charge in [0.15, 0.2) is 17.3 Å². The largest absolute Gasteiger partial charge is 0.454 e. The molecule has 2 aliphatic rings. The number of carbonyl (C=O) groups excluding carboxylic acids is 1. The van der Waals surface area contributed by atoms with Crippen molar-refractivity contribution in [2.45, 2.75) is 18.9 Å². The van der Waals surface area contributed by atoms with Gasteiger partial charge in [0.25, 0.3) is 5.91 Å². The Labute approximate surface area is 115 Å². The van der Waals surface area contributed by atoms with E-state index in [0.717, 1.165) is 12.8 Å². The average Bonchev–Trinajstić information content (AvgIpc) is 3.20. The number of oxime groups is 1. The number of fused-ring (bicyclic) bond motifs is 1. The van der Waals surface area contributed by atoms with Crippen LogP contribution in [-0.2, 0) is 0 Å². The number of ether oxygens (including phenoxy) is 2. The number of carbonyl (C=O) groups is 1. The smallest absolute Gasteiger partial charge is 0.252 e. The zero-order valence-electron chi connectivity index (χ0n) is 10.7. The van der Waals surface area contributed by atoms with E-state index < -0.39 is 6.04 Å². The topological polar surface area (TPSA) is 106 Å². The van der Waals surface area contributed by atoms with Crippen LogP contribution in [0.3, 0.4) is 0 Å². The quantitative estimate of drug-likeness (QED) is 0.324. The molecule has 1 unspecified atom stereocenters. The molecular weight excluding hydrogens is 262 g/mol. The number of rotatable bonds is 4. The second-order valence-electron chi connectivity index (χ2n) is 4.88. The van der Waals surface area contributed by atoms with Gasteiger partial charge in [-0.3, -0.25) is 4.79 Å². The Morgan fingerprint density at radius 1 is 1.40 bits per heavy atom. The van der Waals surface area contributed by atoms with E-state index in [4.69, 9.17) is 20.4 Å². The normalized spacial score (nSPS) is 18.7. The van der Waals surface area contributed by atoms with Crippen molar-refractivity contribution in [3.8, 4) is 11.5 Å². The lowest BCUT2D eigenvalue weighted by Gasteiger charge is -2.16. The molecule has 1 aromatic carbocycles. The number of amides is 1. The summed E-state index contributed by atoms with van der Waals surface area (Å²) in [6.45, 7) is 0.162. The lowest BCUT2D eigenvalue weighted by Crippen LogP contribution is -2.46. The molecular formula is C13H15N3O4. The molecule has 0 bridgehead atoms. The summed E-state index contributed by atoms with van der Waals surface area (Å²) in [5.74, 6) is 1.15. The fourth-order valence-electron chi connectivity index (χ4n) is 2.19. The Morgan fingerprint density at radius 3 is 2.85 bits per heavy atom. The number of nitrogens with one attached hydrogen (secondary N) is 1. The van der Waals surface area contributed by atoms with Gasteiger partial charge in [-0.15, -0.1) is 0 Å². The second kappa shape index (κ2) is 4.92. The summed E-state index contributed by atoms with van der Waals surface area (Å²) >= 11 is 0. The number of amidine groups is 1. The van der Waals surface area contributed by atoms with Crippen molar-refractivity contribution in [1.29, 1.82) is 0 Å². The van der Waals surface area contributed by atoms with Crippen molar-refractivity contribution >= 4 is 11.7 Å². The van der Waals surface area contributed by atoms with Crippen molar-refractivity contribution in [2.24, 2.45) is 16.8 Å². The Morgan fingerprint density at radius 2 is 2.15 bits per heavy atom. The zero-order chi connectivity index (χ0) is 14.1. The maximum absolute atomic E-state index is 12.2. The van der Waals surface area contributed by atoms with Crippen molar-refractivity contribution in [1.82, 2.24) is 5.32 Å². The molecule has 0 aromatic heterocycles. The van der Waals surface area contributed by atoms with Crippen LogP contribution in [0.15, 0.2) is 23.4 Å². The van der Waals surface area contributed by atoms with Crippen molar-refractivity contribution < 1.29 is 19.5 Å². The molecule has 1 heterocycles. The third-order valence-electron chi connectivity index (χ3n) is 3.45. The molecule has 106 valence electrons. The highest BCUT2D eigenvalue weighted by molar-refractivity contribution is 5.99. The Bertz CT molecular complexity index is 569. The summed E-state index contributed by atoms with van der Waals surface area (Å²) in [7, 11) is 0. The molecule has 0 saturated heterocycles. The van der Waals surface area contributed by atoms with Crippen molar-refractivity contribution in [3.05, 3.63) is 23.8 Å². The van der Waals surface area contributed by atoms with Gasteiger partial charge in [0, 0.05) is 5.56 Å². The van der Waals surface area contributed by atoms with Crippen molar-refractivity contribution in [3.63, 3.8) is 0 Å². The van der Waals surface area contributed by atoms with Gasteiger partial charge in [-0.05, 0) is 37.0 Å². The van der Waals surface area contributed by atoms with E-state index in [-0.39, 0.29) is 24.5 Å². The van der Waals surface area contributed by atoms with Gasteiger partial charge in [0.1, 0.15) is 0 Å². The molecule has 1 aliphatic carbocycles. The predicted molar refractivity (Wildman–Crippen MR) is 70.0 cm³/mol. The number of hydrogen-bond acceptors (Lipinski definition) is 5. The summed E-state index contributed by atoms with van der Waals surface area (Å²) in [4.78, 5) is 12.2. The van der Waals surface area contributed by atoms with Crippen LogP contribution in [0, 0.1) is 5.92 Å². The lowest BCUT2D eigenvalue weighted by atomic mass is 10.1. The first-order valence-corrected chi connectivity index (χ1v) is 6.37. The van der Waals surface area contributed by atoms with E-state index in [1.54, 1.807) is 18.2 Å². The minimum atomic E-state index is -0.432. The van der Waals surface area contributed by atoms with Gasteiger partial charge in [0.05, 0.1) is 6.04 Å². The summed E-state index contributed by atoms with van der Waals surface area (Å²) in [6.07, 6.45) is 1.92.